The van der Waals surface area contributed by atoms with Gasteiger partial charge in [0.1, 0.15) is 5.40 Å². The van der Waals surface area contributed by atoms with Crippen molar-refractivity contribution in [2.45, 2.75) is 0 Å². The first-order chi connectivity index (χ1) is 1.41. The van der Waals surface area contributed by atoms with Crippen molar-refractivity contribution in [1.82, 2.24) is 0 Å². The Balaban J connectivity index is -0.0000000200. The summed E-state index contributed by atoms with van der Waals surface area (Å²) in [4.78, 5) is 0. The molecule has 0 aromatic carbocycles. The summed E-state index contributed by atoms with van der Waals surface area (Å²) >= 11 is 3.09. The topological polar surface area (TPSA) is 55.3 Å². The average Bonchev–Trinajstić information content (AvgIpc) is 0.918. The second-order valence-electron chi connectivity index (χ2n) is 0.100. The maximum absolute atomic E-state index is 7.18. The number of hydrogen-bond donors (Lipinski definition) is 1. The molecule has 4 heteroatoms. The predicted molar refractivity (Wildman–Crippen MR) is 26.8 cm³/mol. The molecule has 0 atom stereocenters. The molecule has 5 heavy (non-hydrogen) atoms. The normalized spacial score (nSPS) is 1.60. The summed E-state index contributed by atoms with van der Waals surface area (Å²) in [5.41, 5.74) is 0. The van der Waals surface area contributed by atoms with E-state index in [1.807, 2.05) is 0 Å². The van der Waals surface area contributed by atoms with Crippen LogP contribution in [0.2, 0.25) is 0 Å². The van der Waals surface area contributed by atoms with Gasteiger partial charge >= 0.3 is 37.7 Å². The van der Waals surface area contributed by atoms with Crippen molar-refractivity contribution in [3.63, 3.8) is 0 Å². The fourth-order valence-electron chi connectivity index (χ4n) is 0. The molecule has 2 N–H and O–H groups in total. The fourth-order valence-corrected chi connectivity index (χ4v) is 0. The van der Waals surface area contributed by atoms with E-state index in [1.54, 1.807) is 0 Å². The van der Waals surface area contributed by atoms with Crippen molar-refractivity contribution in [3.8, 4) is 5.40 Å². The van der Waals surface area contributed by atoms with Crippen LogP contribution in [0.25, 0.3) is 0 Å². The molecule has 0 fully saturated rings. The van der Waals surface area contributed by atoms with Gasteiger partial charge in [0.05, 0.1) is 0 Å². The molecule has 0 aromatic heterocycles. The molecule has 0 radical (unpaired) electrons. The molecule has 0 aliphatic rings. The van der Waals surface area contributed by atoms with E-state index in [9.17, 15) is 0 Å². The molecular formula is CH5CaNOS. The summed E-state index contributed by atoms with van der Waals surface area (Å²) in [6.45, 7) is 0. The molecule has 0 heterocycles. The van der Waals surface area contributed by atoms with Gasteiger partial charge in [0.2, 0.25) is 0 Å². The summed E-state index contributed by atoms with van der Waals surface area (Å²) in [6, 6.07) is 0. The summed E-state index contributed by atoms with van der Waals surface area (Å²) in [5, 5.41) is 8.63. The zero-order chi connectivity index (χ0) is 2.71. The number of rotatable bonds is 0. The van der Waals surface area contributed by atoms with Crippen LogP contribution in [-0.4, -0.2) is 43.2 Å². The van der Waals surface area contributed by atoms with Gasteiger partial charge in [-0.15, -0.1) is 0 Å². The van der Waals surface area contributed by atoms with Crippen molar-refractivity contribution in [2.75, 3.05) is 0 Å². The van der Waals surface area contributed by atoms with Crippen LogP contribution >= 0.6 is 12.6 Å². The molecule has 0 spiro atoms. The van der Waals surface area contributed by atoms with Crippen molar-refractivity contribution >= 4 is 50.4 Å². The third-order valence-electron chi connectivity index (χ3n) is 0. The number of nitrogens with zero attached hydrogens (tertiary/aromatic N) is 1. The first-order valence-corrected chi connectivity index (χ1v) is 0.894. The predicted octanol–water partition coefficient (Wildman–Crippen LogP) is -1.34. The first kappa shape index (κ1) is 16.6. The van der Waals surface area contributed by atoms with Crippen LogP contribution in [0.3, 0.4) is 0 Å². The summed E-state index contributed by atoms with van der Waals surface area (Å²) in [6.07, 6.45) is 0. The zero-order valence-corrected chi connectivity index (χ0v) is 2.79. The molecule has 0 saturated carbocycles. The van der Waals surface area contributed by atoms with Crippen LogP contribution in [0.5, 0.6) is 0 Å². The van der Waals surface area contributed by atoms with E-state index in [1.165, 1.54) is 5.40 Å². The molecule has 0 amide bonds. The Morgan fingerprint density at radius 2 is 1.60 bits per heavy atom. The van der Waals surface area contributed by atoms with Gasteiger partial charge in [-0.1, -0.05) is 12.6 Å². The molecule has 0 aromatic rings. The summed E-state index contributed by atoms with van der Waals surface area (Å²) in [5.74, 6) is 0. The van der Waals surface area contributed by atoms with Gasteiger partial charge in [-0.25, -0.2) is 0 Å². The van der Waals surface area contributed by atoms with Gasteiger partial charge in [-0.05, 0) is 0 Å². The molecule has 0 bridgehead atoms. The minimum absolute atomic E-state index is 0. The molecular weight excluding hydrogens is 114 g/mol. The summed E-state index contributed by atoms with van der Waals surface area (Å²) in [7, 11) is 0. The van der Waals surface area contributed by atoms with E-state index in [4.69, 9.17) is 5.26 Å². The van der Waals surface area contributed by atoms with Crippen LogP contribution in [0.15, 0.2) is 0 Å². The number of thiocyanates is 1. The third-order valence-corrected chi connectivity index (χ3v) is 0. The zero-order valence-electron chi connectivity index (χ0n) is 1.89. The Bertz CT molecular complexity index is 33.1. The van der Waals surface area contributed by atoms with E-state index in [0.717, 1.165) is 0 Å². The molecule has 0 saturated heterocycles. The SMILES string of the molecule is N#CS.O.[CaH2]. The van der Waals surface area contributed by atoms with Gasteiger partial charge in [0, 0.05) is 0 Å². The fraction of sp³-hybridized carbons (Fsp3) is 0. The van der Waals surface area contributed by atoms with E-state index in [-0.39, 0.29) is 43.2 Å². The Morgan fingerprint density at radius 1 is 1.60 bits per heavy atom. The van der Waals surface area contributed by atoms with Crippen LogP contribution < -0.4 is 0 Å². The maximum atomic E-state index is 7.18. The van der Waals surface area contributed by atoms with Crippen LogP contribution in [0, 0.1) is 10.7 Å². The molecule has 2 nitrogen and oxygen atoms in total. The average molecular weight is 119 g/mol. The number of nitriles is 1. The second-order valence-corrected chi connectivity index (χ2v) is 0.300. The number of thiol groups is 1. The molecule has 0 unspecified atom stereocenters. The van der Waals surface area contributed by atoms with Crippen LogP contribution in [0.4, 0.5) is 0 Å². The van der Waals surface area contributed by atoms with Crippen LogP contribution in [0.1, 0.15) is 0 Å². The first-order valence-electron chi connectivity index (χ1n) is 0.447. The minimum atomic E-state index is 0. The monoisotopic (exact) mass is 119 g/mol. The Morgan fingerprint density at radius 3 is 1.60 bits per heavy atom. The van der Waals surface area contributed by atoms with Crippen molar-refractivity contribution in [1.29, 1.82) is 5.26 Å². The second kappa shape index (κ2) is 19.7. The van der Waals surface area contributed by atoms with E-state index < -0.39 is 0 Å². The van der Waals surface area contributed by atoms with Gasteiger partial charge < -0.3 is 5.48 Å². The van der Waals surface area contributed by atoms with Gasteiger partial charge in [-0.2, -0.15) is 5.26 Å². The van der Waals surface area contributed by atoms with E-state index in [0.29, 0.717) is 0 Å². The van der Waals surface area contributed by atoms with Gasteiger partial charge in [-0.3, -0.25) is 0 Å². The Hall–Kier alpha value is 1.06. The van der Waals surface area contributed by atoms with Gasteiger partial charge in [0.15, 0.2) is 0 Å². The van der Waals surface area contributed by atoms with E-state index in [2.05, 4.69) is 12.6 Å². The molecule has 0 aliphatic carbocycles. The Kier molecular flexibility index (Phi) is 65.1. The van der Waals surface area contributed by atoms with Crippen molar-refractivity contribution in [2.24, 2.45) is 0 Å². The summed E-state index contributed by atoms with van der Waals surface area (Å²) < 4.78 is 0. The van der Waals surface area contributed by atoms with Crippen molar-refractivity contribution < 1.29 is 5.48 Å². The van der Waals surface area contributed by atoms with Crippen molar-refractivity contribution in [3.05, 3.63) is 0 Å². The molecule has 0 rings (SSSR count). The molecule has 28 valence electrons. The number of hydrogen-bond acceptors (Lipinski definition) is 2. The van der Waals surface area contributed by atoms with Gasteiger partial charge in [0.25, 0.3) is 0 Å². The van der Waals surface area contributed by atoms with E-state index >= 15 is 0 Å². The molecule has 0 aliphatic heterocycles. The standard InChI is InChI=1S/CHNS.Ca.H2O.2H/c2-1-3;;;;/h3H;;1H2;;. The quantitative estimate of drug-likeness (QED) is 0.239. The third kappa shape index (κ3) is 42.2. The Labute approximate surface area is 65.9 Å². The van der Waals surface area contributed by atoms with Crippen LogP contribution in [-0.2, 0) is 0 Å².